The summed E-state index contributed by atoms with van der Waals surface area (Å²) in [6.07, 6.45) is -4.61. The van der Waals surface area contributed by atoms with Crippen molar-refractivity contribution < 1.29 is 30.8 Å². The van der Waals surface area contributed by atoms with Crippen LogP contribution in [-0.2, 0) is 21.0 Å². The highest BCUT2D eigenvalue weighted by molar-refractivity contribution is 7.94. The van der Waals surface area contributed by atoms with Crippen molar-refractivity contribution in [1.29, 1.82) is 0 Å². The van der Waals surface area contributed by atoms with Gasteiger partial charge in [0.1, 0.15) is 16.6 Å². The molecule has 3 aromatic rings. The fourth-order valence-electron chi connectivity index (χ4n) is 2.58. The third-order valence-electron chi connectivity index (χ3n) is 3.92. The average Bonchev–Trinajstić information content (AvgIpc) is 3.22. The van der Waals surface area contributed by atoms with Gasteiger partial charge in [0.05, 0.1) is 11.3 Å². The number of rotatable bonds is 6. The summed E-state index contributed by atoms with van der Waals surface area (Å²) in [6, 6.07) is 11.7. The van der Waals surface area contributed by atoms with Gasteiger partial charge in [-0.1, -0.05) is 24.3 Å². The topological polar surface area (TPSA) is 66.5 Å². The molecule has 11 heteroatoms. The van der Waals surface area contributed by atoms with Crippen molar-refractivity contribution in [2.75, 3.05) is 16.2 Å². The van der Waals surface area contributed by atoms with Gasteiger partial charge in [0.25, 0.3) is 10.0 Å². The van der Waals surface area contributed by atoms with Crippen molar-refractivity contribution in [2.24, 2.45) is 0 Å². The van der Waals surface area contributed by atoms with Crippen molar-refractivity contribution in [3.8, 4) is 0 Å². The number of nitrogens with zero attached hydrogens (tertiary/aromatic N) is 1. The van der Waals surface area contributed by atoms with Gasteiger partial charge in [-0.05, 0) is 41.8 Å². The number of amides is 1. The first kappa shape index (κ1) is 21.8. The Hall–Kier alpha value is -2.92. The van der Waals surface area contributed by atoms with Crippen LogP contribution in [0.25, 0.3) is 0 Å². The third kappa shape index (κ3) is 4.79. The van der Waals surface area contributed by atoms with E-state index in [0.29, 0.717) is 4.31 Å². The molecule has 0 saturated carbocycles. The first-order chi connectivity index (χ1) is 14.1. The van der Waals surface area contributed by atoms with Crippen LogP contribution in [0.1, 0.15) is 5.56 Å². The second-order valence-corrected chi connectivity index (χ2v) is 9.06. The Morgan fingerprint density at radius 1 is 1.03 bits per heavy atom. The summed E-state index contributed by atoms with van der Waals surface area (Å²) in [5, 5.41) is 3.74. The van der Waals surface area contributed by atoms with Gasteiger partial charge in [-0.15, -0.1) is 11.3 Å². The maximum absolute atomic E-state index is 14.3. The number of alkyl halides is 3. The van der Waals surface area contributed by atoms with E-state index >= 15 is 0 Å². The number of carbonyl (C=O) groups excluding carboxylic acids is 1. The maximum Gasteiger partial charge on any atom is 0.416 e. The largest absolute Gasteiger partial charge is 0.416 e. The minimum Gasteiger partial charge on any atom is -0.325 e. The Balaban J connectivity index is 1.91. The number of sulfonamides is 1. The molecule has 0 aliphatic heterocycles. The van der Waals surface area contributed by atoms with Crippen LogP contribution in [0, 0.1) is 5.82 Å². The molecule has 3 rings (SSSR count). The van der Waals surface area contributed by atoms with Gasteiger partial charge in [-0.2, -0.15) is 13.2 Å². The standard InChI is InChI=1S/C19H14F4N2O3S2/c20-15-7-1-2-8-16(15)25(30(27,28)18-9-4-10-29-18)12-17(26)24-14-6-3-5-13(11-14)19(21,22)23/h1-11H,12H2,(H,24,26). The van der Waals surface area contributed by atoms with Crippen LogP contribution < -0.4 is 9.62 Å². The number of anilines is 2. The molecule has 0 atom stereocenters. The molecule has 2 aromatic carbocycles. The molecule has 0 aliphatic rings. The molecule has 0 unspecified atom stereocenters. The number of hydrogen-bond donors (Lipinski definition) is 1. The van der Waals surface area contributed by atoms with E-state index < -0.39 is 40.0 Å². The minimum atomic E-state index is -4.61. The van der Waals surface area contributed by atoms with E-state index in [1.165, 1.54) is 41.8 Å². The number of benzene rings is 2. The molecule has 1 N–H and O–H groups in total. The molecule has 1 amide bonds. The fraction of sp³-hybridized carbons (Fsp3) is 0.105. The summed E-state index contributed by atoms with van der Waals surface area (Å²) in [7, 11) is -4.28. The van der Waals surface area contributed by atoms with Gasteiger partial charge in [-0.25, -0.2) is 12.8 Å². The zero-order valence-electron chi connectivity index (χ0n) is 15.1. The summed E-state index contributed by atoms with van der Waals surface area (Å²) in [6.45, 7) is -0.836. The van der Waals surface area contributed by atoms with Gasteiger partial charge in [0, 0.05) is 5.69 Å². The molecule has 0 radical (unpaired) electrons. The molecule has 0 bridgehead atoms. The highest BCUT2D eigenvalue weighted by Crippen LogP contribution is 2.31. The predicted octanol–water partition coefficient (Wildman–Crippen LogP) is 4.74. The maximum atomic E-state index is 14.3. The van der Waals surface area contributed by atoms with E-state index in [4.69, 9.17) is 0 Å². The van der Waals surface area contributed by atoms with Crippen molar-refractivity contribution in [3.63, 3.8) is 0 Å². The van der Waals surface area contributed by atoms with Crippen molar-refractivity contribution in [3.05, 3.63) is 77.4 Å². The summed E-state index contributed by atoms with van der Waals surface area (Å²) in [5.74, 6) is -1.80. The lowest BCUT2D eigenvalue weighted by atomic mass is 10.2. The number of hydrogen-bond acceptors (Lipinski definition) is 4. The minimum absolute atomic E-state index is 0.113. The second kappa shape index (κ2) is 8.44. The average molecular weight is 458 g/mol. The van der Waals surface area contributed by atoms with E-state index in [2.05, 4.69) is 5.32 Å². The van der Waals surface area contributed by atoms with E-state index in [9.17, 15) is 30.8 Å². The van der Waals surface area contributed by atoms with Gasteiger partial charge in [0.2, 0.25) is 5.91 Å². The number of para-hydroxylation sites is 1. The quantitative estimate of drug-likeness (QED) is 0.543. The first-order valence-electron chi connectivity index (χ1n) is 8.37. The van der Waals surface area contributed by atoms with Gasteiger partial charge >= 0.3 is 6.18 Å². The van der Waals surface area contributed by atoms with Crippen LogP contribution >= 0.6 is 11.3 Å². The third-order valence-corrected chi connectivity index (χ3v) is 7.05. The predicted molar refractivity (Wildman–Crippen MR) is 105 cm³/mol. The van der Waals surface area contributed by atoms with Crippen LogP contribution in [0.3, 0.4) is 0 Å². The lowest BCUT2D eigenvalue weighted by molar-refractivity contribution is -0.137. The summed E-state index contributed by atoms with van der Waals surface area (Å²) in [4.78, 5) is 12.5. The van der Waals surface area contributed by atoms with Gasteiger partial charge in [0.15, 0.2) is 0 Å². The Bertz CT molecular complexity index is 1150. The highest BCUT2D eigenvalue weighted by atomic mass is 32.2. The molecule has 1 heterocycles. The summed E-state index contributed by atoms with van der Waals surface area (Å²) in [5.41, 5.74) is -1.50. The lowest BCUT2D eigenvalue weighted by Crippen LogP contribution is -2.38. The number of nitrogens with one attached hydrogen (secondary N) is 1. The second-order valence-electron chi connectivity index (χ2n) is 6.02. The molecule has 1 aromatic heterocycles. The molecule has 0 fully saturated rings. The molecular formula is C19H14F4N2O3S2. The number of halogens is 4. The van der Waals surface area contributed by atoms with E-state index in [1.807, 2.05) is 0 Å². The van der Waals surface area contributed by atoms with Crippen molar-refractivity contribution in [2.45, 2.75) is 10.4 Å². The molecule has 158 valence electrons. The van der Waals surface area contributed by atoms with Crippen molar-refractivity contribution >= 4 is 38.6 Å². The Morgan fingerprint density at radius 3 is 2.40 bits per heavy atom. The molecule has 30 heavy (non-hydrogen) atoms. The molecule has 5 nitrogen and oxygen atoms in total. The van der Waals surface area contributed by atoms with E-state index in [0.717, 1.165) is 35.6 Å². The van der Waals surface area contributed by atoms with Gasteiger partial charge in [-0.3, -0.25) is 9.10 Å². The van der Waals surface area contributed by atoms with Crippen LogP contribution in [0.15, 0.2) is 70.3 Å². The van der Waals surface area contributed by atoms with Crippen LogP contribution in [-0.4, -0.2) is 20.9 Å². The Morgan fingerprint density at radius 2 is 1.77 bits per heavy atom. The Kier molecular flexibility index (Phi) is 6.13. The van der Waals surface area contributed by atoms with Crippen LogP contribution in [0.5, 0.6) is 0 Å². The fourth-order valence-corrected chi connectivity index (χ4v) is 5.11. The smallest absolute Gasteiger partial charge is 0.325 e. The van der Waals surface area contributed by atoms with Crippen molar-refractivity contribution in [1.82, 2.24) is 0 Å². The zero-order chi connectivity index (χ0) is 21.9. The van der Waals surface area contributed by atoms with E-state index in [1.54, 1.807) is 0 Å². The summed E-state index contributed by atoms with van der Waals surface area (Å²) < 4.78 is 79.3. The highest BCUT2D eigenvalue weighted by Gasteiger charge is 2.32. The first-order valence-corrected chi connectivity index (χ1v) is 10.7. The number of carbonyl (C=O) groups is 1. The molecule has 0 aliphatic carbocycles. The molecule has 0 saturated heterocycles. The zero-order valence-corrected chi connectivity index (χ0v) is 16.7. The SMILES string of the molecule is O=C(CN(c1ccccc1F)S(=O)(=O)c1cccs1)Nc1cccc(C(F)(F)F)c1. The molecular weight excluding hydrogens is 444 g/mol. The van der Waals surface area contributed by atoms with Crippen LogP contribution in [0.4, 0.5) is 28.9 Å². The molecule has 0 spiro atoms. The summed E-state index contributed by atoms with van der Waals surface area (Å²) >= 11 is 0.886. The Labute approximate surface area is 173 Å². The monoisotopic (exact) mass is 458 g/mol. The number of thiophene rings is 1. The van der Waals surface area contributed by atoms with E-state index in [-0.39, 0.29) is 15.6 Å². The van der Waals surface area contributed by atoms with Crippen LogP contribution in [0.2, 0.25) is 0 Å². The normalized spacial score (nSPS) is 11.9. The van der Waals surface area contributed by atoms with Gasteiger partial charge < -0.3 is 5.32 Å². The lowest BCUT2D eigenvalue weighted by Gasteiger charge is -2.23.